The Morgan fingerprint density at radius 3 is 2.15 bits per heavy atom. The van der Waals surface area contributed by atoms with Crippen molar-refractivity contribution in [3.8, 4) is 0 Å². The number of ether oxygens (including phenoxy) is 1. The molecule has 3 amide bonds. The van der Waals surface area contributed by atoms with Gasteiger partial charge in [-0.2, -0.15) is 18.3 Å². The van der Waals surface area contributed by atoms with Crippen molar-refractivity contribution in [2.24, 2.45) is 26.2 Å². The normalized spacial score (nSPS) is 17.5. The fourth-order valence-electron chi connectivity index (χ4n) is 5.77. The number of likely N-dealkylation sites (tertiary alicyclic amines) is 1. The Hall–Kier alpha value is -4.68. The topological polar surface area (TPSA) is 181 Å². The number of alkyl halides is 3. The third kappa shape index (κ3) is 11.7. The zero-order chi connectivity index (χ0) is 40.8. The lowest BCUT2D eigenvalue weighted by Gasteiger charge is -2.54. The maximum atomic E-state index is 13.6. The Labute approximate surface area is 319 Å². The summed E-state index contributed by atoms with van der Waals surface area (Å²) in [6.07, 6.45) is -4.20. The van der Waals surface area contributed by atoms with Crippen LogP contribution in [0.5, 0.6) is 0 Å². The van der Waals surface area contributed by atoms with Gasteiger partial charge in [-0.1, -0.05) is 32.4 Å². The minimum absolute atomic E-state index is 0.0769. The summed E-state index contributed by atoms with van der Waals surface area (Å²) in [6.45, 7) is 19.3. The Balaban J connectivity index is 0.000000706. The quantitative estimate of drug-likeness (QED) is 0.107. The van der Waals surface area contributed by atoms with Gasteiger partial charge in [0.2, 0.25) is 5.91 Å². The number of benzene rings is 1. The summed E-state index contributed by atoms with van der Waals surface area (Å²) in [7, 11) is 3.08. The van der Waals surface area contributed by atoms with Crippen LogP contribution in [0.15, 0.2) is 56.1 Å². The second-order valence-electron chi connectivity index (χ2n) is 12.4. The van der Waals surface area contributed by atoms with Crippen LogP contribution in [0.25, 0.3) is 0 Å². The van der Waals surface area contributed by atoms with Crippen LogP contribution >= 0.6 is 11.6 Å². The van der Waals surface area contributed by atoms with E-state index in [2.05, 4.69) is 44.1 Å². The highest BCUT2D eigenvalue weighted by molar-refractivity contribution is 6.33. The molecule has 0 unspecified atom stereocenters. The smallest absolute Gasteiger partial charge is 0.416 e. The van der Waals surface area contributed by atoms with Gasteiger partial charge in [-0.05, 0) is 38.3 Å². The summed E-state index contributed by atoms with van der Waals surface area (Å²) in [4.78, 5) is 52.3. The van der Waals surface area contributed by atoms with Crippen LogP contribution in [0.2, 0.25) is 5.02 Å². The van der Waals surface area contributed by atoms with Gasteiger partial charge in [0, 0.05) is 71.2 Å². The van der Waals surface area contributed by atoms with Crippen molar-refractivity contribution >= 4 is 54.2 Å². The number of nitrogens with zero attached hydrogens (tertiary/aromatic N) is 7. The maximum absolute atomic E-state index is 13.6. The molecule has 300 valence electrons. The largest absolute Gasteiger partial charge is 0.504 e. The van der Waals surface area contributed by atoms with E-state index >= 15 is 0 Å². The van der Waals surface area contributed by atoms with E-state index in [1.807, 2.05) is 20.8 Å². The first-order valence-corrected chi connectivity index (χ1v) is 17.7. The monoisotopic (exact) mass is 784 g/mol. The number of allylic oxidation sites excluding steroid dienone is 2. The number of piperazine rings is 1. The number of carbonyl (C=O) groups is 3. The van der Waals surface area contributed by atoms with Gasteiger partial charge in [0.05, 0.1) is 41.9 Å². The number of anilines is 1. The van der Waals surface area contributed by atoms with Crippen LogP contribution in [0.1, 0.15) is 39.7 Å². The second-order valence-corrected chi connectivity index (χ2v) is 12.8. The molecule has 19 heteroatoms. The third-order valence-corrected chi connectivity index (χ3v) is 9.01. The molecule has 3 fully saturated rings. The molecule has 0 aliphatic carbocycles. The lowest BCUT2D eigenvalue weighted by atomic mass is 9.78. The molecule has 5 N–H and O–H groups in total. The molecule has 0 bridgehead atoms. The van der Waals surface area contributed by atoms with Crippen LogP contribution in [0.4, 0.5) is 18.9 Å². The predicted octanol–water partition coefficient (Wildman–Crippen LogP) is 3.55. The minimum Gasteiger partial charge on any atom is -0.504 e. The fourth-order valence-corrected chi connectivity index (χ4v) is 6.00. The van der Waals surface area contributed by atoms with E-state index in [1.165, 1.54) is 18.9 Å². The maximum Gasteiger partial charge on any atom is 0.416 e. The van der Waals surface area contributed by atoms with Gasteiger partial charge in [0.25, 0.3) is 11.8 Å². The molecule has 3 heterocycles. The summed E-state index contributed by atoms with van der Waals surface area (Å²) in [5.74, 6) is -2.43. The molecule has 0 radical (unpaired) electrons. The van der Waals surface area contributed by atoms with Crippen molar-refractivity contribution in [3.63, 3.8) is 0 Å². The Kier molecular flexibility index (Phi) is 17.4. The first-order valence-electron chi connectivity index (χ1n) is 17.3. The molecule has 1 aromatic rings. The van der Waals surface area contributed by atoms with Crippen LogP contribution in [0.3, 0.4) is 0 Å². The number of rotatable bonds is 12. The highest BCUT2D eigenvalue weighted by Crippen LogP contribution is 2.37. The molecule has 3 aliphatic rings. The standard InChI is InChI=1S/C26H34ClF3N8O4.C7H12N2O.C2H6/c1-6-18(33-4)22(36-9-11-37(12-10-36)24(41)21(31)23(40)15(2)32-3)25(42)38(34-5)14-20(39)35-19-8-7-16(13-17(19)27)26(28,29)30;1-8-6-9-2-7(3-9)4-10-5-7;1-2/h7-8,13,33,40H,5-6,9-12,14,31H2,1-4H3,(H,35,39);1-6H2;1-2H3/b22-18+,23-21+,32-15?;;. The van der Waals surface area contributed by atoms with Crippen molar-refractivity contribution in [1.82, 2.24) is 25.0 Å². The molecule has 15 nitrogen and oxygen atoms in total. The molecular weight excluding hydrogens is 733 g/mol. The summed E-state index contributed by atoms with van der Waals surface area (Å²) in [5.41, 5.74) is 5.91. The Morgan fingerprint density at radius 1 is 1.11 bits per heavy atom. The number of aliphatic hydroxyl groups is 1. The molecule has 0 atom stereocenters. The van der Waals surface area contributed by atoms with Crippen LogP contribution in [-0.2, 0) is 25.3 Å². The highest BCUT2D eigenvalue weighted by Gasteiger charge is 2.48. The van der Waals surface area contributed by atoms with Gasteiger partial charge in [0.15, 0.2) is 5.76 Å². The summed E-state index contributed by atoms with van der Waals surface area (Å²) < 4.78 is 43.9. The molecule has 3 saturated heterocycles. The van der Waals surface area contributed by atoms with Crippen molar-refractivity contribution in [1.29, 1.82) is 0 Å². The number of aliphatic hydroxyl groups excluding tert-OH is 1. The highest BCUT2D eigenvalue weighted by atomic mass is 35.5. The summed E-state index contributed by atoms with van der Waals surface area (Å²) in [5, 5.41) is 19.7. The van der Waals surface area contributed by atoms with Gasteiger partial charge >= 0.3 is 6.18 Å². The SMILES string of the molecule is C=NCN1CC2(COC2)C1.C=NN(CC(=O)Nc1ccc(C(F)(F)F)cc1Cl)C(=O)/C(=C(/CC)NC)N1CCN(C(=O)/C(N)=C(\O)C(C)=NC)CC1.CC. The first kappa shape index (κ1) is 45.5. The lowest BCUT2D eigenvalue weighted by Crippen LogP contribution is -2.65. The predicted molar refractivity (Wildman–Crippen MR) is 204 cm³/mol. The molecule has 54 heavy (non-hydrogen) atoms. The zero-order valence-electron chi connectivity index (χ0n) is 31.7. The molecule has 0 saturated carbocycles. The van der Waals surface area contributed by atoms with Crippen molar-refractivity contribution < 1.29 is 37.4 Å². The summed E-state index contributed by atoms with van der Waals surface area (Å²) >= 11 is 5.93. The molecule has 1 spiro atoms. The van der Waals surface area contributed by atoms with Crippen LogP contribution in [0, 0.1) is 5.41 Å². The van der Waals surface area contributed by atoms with Gasteiger partial charge in [-0.25, -0.2) is 5.01 Å². The van der Waals surface area contributed by atoms with Gasteiger partial charge < -0.3 is 36.0 Å². The van der Waals surface area contributed by atoms with Crippen molar-refractivity contribution in [3.05, 3.63) is 51.6 Å². The Morgan fingerprint density at radius 2 is 1.70 bits per heavy atom. The number of carbonyl (C=O) groups excluding carboxylic acids is 3. The number of hydrogen-bond donors (Lipinski definition) is 4. The van der Waals surface area contributed by atoms with E-state index in [0.717, 1.165) is 50.1 Å². The van der Waals surface area contributed by atoms with Crippen LogP contribution < -0.4 is 16.4 Å². The molecule has 4 rings (SSSR count). The second kappa shape index (κ2) is 20.7. The number of hydrogen-bond acceptors (Lipinski definition) is 12. The van der Waals surface area contributed by atoms with E-state index < -0.39 is 41.8 Å². The fraction of sp³-hybridized carbons (Fsp3) is 0.543. The van der Waals surface area contributed by atoms with E-state index in [0.29, 0.717) is 23.6 Å². The molecule has 3 aliphatic heterocycles. The molecule has 1 aromatic carbocycles. The van der Waals surface area contributed by atoms with Gasteiger partial charge in [-0.15, -0.1) is 0 Å². The average Bonchev–Trinajstić information content (AvgIpc) is 3.13. The first-order chi connectivity index (χ1) is 25.5. The number of amides is 3. The summed E-state index contributed by atoms with van der Waals surface area (Å²) in [6, 6.07) is 2.46. The van der Waals surface area contributed by atoms with E-state index in [-0.39, 0.29) is 54.0 Å². The number of nitrogens with one attached hydrogen (secondary N) is 2. The number of hydrazone groups is 1. The number of nitrogens with two attached hydrogens (primary N) is 1. The molecule has 0 aromatic heterocycles. The lowest BCUT2D eigenvalue weighted by molar-refractivity contribution is -0.188. The van der Waals surface area contributed by atoms with E-state index in [9.17, 15) is 32.7 Å². The van der Waals surface area contributed by atoms with Crippen molar-refractivity contribution in [2.75, 3.05) is 85.1 Å². The van der Waals surface area contributed by atoms with Gasteiger partial charge in [-0.3, -0.25) is 29.3 Å². The van der Waals surface area contributed by atoms with Gasteiger partial charge in [0.1, 0.15) is 17.9 Å². The zero-order valence-corrected chi connectivity index (χ0v) is 32.5. The molecular formula is C35H52ClF3N10O5. The minimum atomic E-state index is -4.61. The van der Waals surface area contributed by atoms with E-state index in [1.54, 1.807) is 11.9 Å². The average molecular weight is 785 g/mol. The number of aliphatic imine (C=N–C) groups is 2. The van der Waals surface area contributed by atoms with E-state index in [4.69, 9.17) is 22.1 Å². The van der Waals surface area contributed by atoms with Crippen molar-refractivity contribution in [2.45, 2.75) is 40.3 Å². The number of halogens is 4. The Bertz CT molecular complexity index is 1590. The van der Waals surface area contributed by atoms with Crippen LogP contribution in [-0.4, -0.2) is 141 Å². The third-order valence-electron chi connectivity index (χ3n) is 8.69.